The molecule has 41 heavy (non-hydrogen) atoms. The number of amides is 3. The lowest BCUT2D eigenvalue weighted by atomic mass is 10.1. The van der Waals surface area contributed by atoms with Gasteiger partial charge in [-0.2, -0.15) is 4.98 Å². The summed E-state index contributed by atoms with van der Waals surface area (Å²) in [5.74, 6) is -2.16. The van der Waals surface area contributed by atoms with E-state index in [0.717, 1.165) is 0 Å². The number of carbonyl (C=O) groups is 5. The first kappa shape index (κ1) is 30.4. The zero-order valence-corrected chi connectivity index (χ0v) is 22.8. The highest BCUT2D eigenvalue weighted by molar-refractivity contribution is 5.97. The van der Waals surface area contributed by atoms with Crippen molar-refractivity contribution < 1.29 is 33.4 Å². The van der Waals surface area contributed by atoms with Crippen molar-refractivity contribution in [2.45, 2.75) is 46.2 Å². The lowest BCUT2D eigenvalue weighted by molar-refractivity contribution is -0.147. The molecule has 3 amide bonds. The lowest BCUT2D eigenvalue weighted by Crippen LogP contribution is -2.42. The molecule has 216 valence electrons. The predicted octanol–water partition coefficient (Wildman–Crippen LogP) is 1.44. The summed E-state index contributed by atoms with van der Waals surface area (Å²) in [6.07, 6.45) is 1.98. The van der Waals surface area contributed by atoms with Gasteiger partial charge in [-0.25, -0.2) is 9.78 Å². The van der Waals surface area contributed by atoms with Gasteiger partial charge in [-0.15, -0.1) is 0 Å². The Bertz CT molecular complexity index is 1490. The fourth-order valence-electron chi connectivity index (χ4n) is 3.80. The topological polar surface area (TPSA) is 190 Å². The van der Waals surface area contributed by atoms with Crippen LogP contribution in [0.15, 0.2) is 41.3 Å². The SMILES string of the molecule is CCOC(=O)CC[C@H](NC(=O)c1ccc(N(C=O)Cc2cnc3nc(NC(C)=O)[nH]c(=O)c3c2)cc1)C(=O)OCC. The number of fused-ring (bicyclic) bond motifs is 1. The monoisotopic (exact) mass is 566 g/mol. The maximum Gasteiger partial charge on any atom is 0.328 e. The Morgan fingerprint density at radius 1 is 1.10 bits per heavy atom. The van der Waals surface area contributed by atoms with Crippen molar-refractivity contribution in [2.24, 2.45) is 0 Å². The lowest BCUT2D eigenvalue weighted by Gasteiger charge is -2.19. The van der Waals surface area contributed by atoms with Gasteiger partial charge in [0.05, 0.1) is 25.1 Å². The number of nitrogens with zero attached hydrogens (tertiary/aromatic N) is 3. The Hall–Kier alpha value is -5.14. The van der Waals surface area contributed by atoms with E-state index in [1.54, 1.807) is 26.0 Å². The molecule has 1 atom stereocenters. The quantitative estimate of drug-likeness (QED) is 0.202. The van der Waals surface area contributed by atoms with Crippen LogP contribution in [0.1, 0.15) is 49.5 Å². The smallest absolute Gasteiger partial charge is 0.328 e. The Balaban J connectivity index is 1.72. The van der Waals surface area contributed by atoms with E-state index < -0.39 is 35.4 Å². The number of H-pyrrole nitrogens is 1. The molecule has 0 aliphatic rings. The van der Waals surface area contributed by atoms with Gasteiger partial charge in [0.2, 0.25) is 18.3 Å². The molecule has 0 spiro atoms. The van der Waals surface area contributed by atoms with Crippen LogP contribution in [0.5, 0.6) is 0 Å². The average molecular weight is 567 g/mol. The summed E-state index contributed by atoms with van der Waals surface area (Å²) in [7, 11) is 0. The highest BCUT2D eigenvalue weighted by Crippen LogP contribution is 2.18. The van der Waals surface area contributed by atoms with Crippen molar-refractivity contribution in [3.8, 4) is 0 Å². The van der Waals surface area contributed by atoms with Gasteiger partial charge in [0.1, 0.15) is 6.04 Å². The molecular weight excluding hydrogens is 536 g/mol. The van der Waals surface area contributed by atoms with Crippen LogP contribution in [0.25, 0.3) is 11.0 Å². The number of carbonyl (C=O) groups excluding carboxylic acids is 5. The molecule has 2 aromatic heterocycles. The summed E-state index contributed by atoms with van der Waals surface area (Å²) in [6, 6.07) is 6.53. The number of pyridine rings is 1. The van der Waals surface area contributed by atoms with Crippen LogP contribution in [0, 0.1) is 0 Å². The van der Waals surface area contributed by atoms with Crippen LogP contribution in [-0.4, -0.2) is 64.4 Å². The molecule has 14 nitrogen and oxygen atoms in total. The number of esters is 2. The molecule has 0 aliphatic carbocycles. The number of ether oxygens (including phenoxy) is 2. The molecular formula is C27H30N6O8. The molecule has 0 fully saturated rings. The second kappa shape index (κ2) is 14.3. The van der Waals surface area contributed by atoms with E-state index in [4.69, 9.17) is 9.47 Å². The number of hydrogen-bond donors (Lipinski definition) is 3. The molecule has 14 heteroatoms. The van der Waals surface area contributed by atoms with Crippen molar-refractivity contribution in [1.82, 2.24) is 20.3 Å². The summed E-state index contributed by atoms with van der Waals surface area (Å²) in [4.78, 5) is 84.5. The molecule has 2 heterocycles. The van der Waals surface area contributed by atoms with Gasteiger partial charge in [-0.3, -0.25) is 34.3 Å². The normalized spacial score (nSPS) is 11.3. The van der Waals surface area contributed by atoms with Crippen molar-refractivity contribution in [3.63, 3.8) is 0 Å². The molecule has 0 bridgehead atoms. The zero-order chi connectivity index (χ0) is 29.9. The second-order valence-electron chi connectivity index (χ2n) is 8.71. The molecule has 0 saturated carbocycles. The number of rotatable bonds is 13. The van der Waals surface area contributed by atoms with E-state index in [2.05, 4.69) is 25.6 Å². The summed E-state index contributed by atoms with van der Waals surface area (Å²) in [5.41, 5.74) is 0.811. The highest BCUT2D eigenvalue weighted by atomic mass is 16.5. The van der Waals surface area contributed by atoms with Crippen LogP contribution in [0.3, 0.4) is 0 Å². The van der Waals surface area contributed by atoms with E-state index in [0.29, 0.717) is 17.7 Å². The number of benzene rings is 1. The van der Waals surface area contributed by atoms with E-state index in [-0.39, 0.29) is 55.1 Å². The van der Waals surface area contributed by atoms with Crippen molar-refractivity contribution in [1.29, 1.82) is 0 Å². The number of hydrogen-bond acceptors (Lipinski definition) is 10. The molecule has 3 N–H and O–H groups in total. The van der Waals surface area contributed by atoms with Crippen molar-refractivity contribution in [3.05, 3.63) is 58.0 Å². The molecule has 0 radical (unpaired) electrons. The molecule has 0 saturated heterocycles. The van der Waals surface area contributed by atoms with E-state index in [9.17, 15) is 28.8 Å². The van der Waals surface area contributed by atoms with Gasteiger partial charge in [0.25, 0.3) is 11.5 Å². The Kier molecular flexibility index (Phi) is 10.6. The third-order valence-electron chi connectivity index (χ3n) is 5.67. The van der Waals surface area contributed by atoms with Gasteiger partial charge in [-0.05, 0) is 56.2 Å². The average Bonchev–Trinajstić information content (AvgIpc) is 2.94. The third-order valence-corrected chi connectivity index (χ3v) is 5.67. The summed E-state index contributed by atoms with van der Waals surface area (Å²) < 4.78 is 9.89. The van der Waals surface area contributed by atoms with Crippen molar-refractivity contribution >= 4 is 52.8 Å². The maximum atomic E-state index is 12.8. The Morgan fingerprint density at radius 3 is 2.44 bits per heavy atom. The summed E-state index contributed by atoms with van der Waals surface area (Å²) in [6.45, 7) is 4.95. The number of anilines is 2. The van der Waals surface area contributed by atoms with Gasteiger partial charge in [0.15, 0.2) is 5.65 Å². The molecule has 3 rings (SSSR count). The molecule has 0 aliphatic heterocycles. The van der Waals surface area contributed by atoms with Gasteiger partial charge >= 0.3 is 11.9 Å². The molecule has 1 aromatic carbocycles. The fourth-order valence-corrected chi connectivity index (χ4v) is 3.80. The summed E-state index contributed by atoms with van der Waals surface area (Å²) >= 11 is 0. The van der Waals surface area contributed by atoms with E-state index in [1.807, 2.05) is 0 Å². The first-order valence-corrected chi connectivity index (χ1v) is 12.8. The first-order valence-electron chi connectivity index (χ1n) is 12.8. The van der Waals surface area contributed by atoms with Crippen LogP contribution in [0.2, 0.25) is 0 Å². The largest absolute Gasteiger partial charge is 0.466 e. The minimum absolute atomic E-state index is 0.00705. The zero-order valence-electron chi connectivity index (χ0n) is 22.8. The van der Waals surface area contributed by atoms with Gasteiger partial charge < -0.3 is 19.7 Å². The van der Waals surface area contributed by atoms with Crippen molar-refractivity contribution in [2.75, 3.05) is 23.4 Å². The fraction of sp³-hybridized carbons (Fsp3) is 0.333. The molecule has 0 unspecified atom stereocenters. The second-order valence-corrected chi connectivity index (χ2v) is 8.71. The predicted molar refractivity (Wildman–Crippen MR) is 147 cm³/mol. The minimum Gasteiger partial charge on any atom is -0.466 e. The Labute approximate surface area is 234 Å². The summed E-state index contributed by atoms with van der Waals surface area (Å²) in [5, 5.41) is 5.15. The third kappa shape index (κ3) is 8.42. The standard InChI is InChI=1S/C27H30N6O8/c1-4-40-22(36)11-10-21(26(39)41-5-2)30-24(37)18-6-8-19(9-7-18)33(15-34)14-17-12-20-23(28-13-17)31-27(29-16(3)35)32-25(20)38/h6-9,12-13,15,21H,4-5,10-11,14H2,1-3H3,(H,30,37)(H2,28,29,31,32,35,38)/t21-/m0/s1. The number of aromatic nitrogens is 3. The van der Waals surface area contributed by atoms with Crippen LogP contribution in [-0.2, 0) is 35.2 Å². The maximum absolute atomic E-state index is 12.8. The molecule has 3 aromatic rings. The highest BCUT2D eigenvalue weighted by Gasteiger charge is 2.24. The van der Waals surface area contributed by atoms with E-state index in [1.165, 1.54) is 36.2 Å². The van der Waals surface area contributed by atoms with Gasteiger partial charge in [-0.1, -0.05) is 0 Å². The van der Waals surface area contributed by atoms with Crippen LogP contribution < -0.4 is 21.1 Å². The number of aromatic amines is 1. The first-order chi connectivity index (χ1) is 19.6. The van der Waals surface area contributed by atoms with Crippen LogP contribution >= 0.6 is 0 Å². The van der Waals surface area contributed by atoms with Crippen LogP contribution in [0.4, 0.5) is 11.6 Å². The van der Waals surface area contributed by atoms with E-state index >= 15 is 0 Å². The minimum atomic E-state index is -1.05. The van der Waals surface area contributed by atoms with Gasteiger partial charge in [0, 0.05) is 30.8 Å². The Morgan fingerprint density at radius 2 is 1.80 bits per heavy atom. The number of nitrogens with one attached hydrogen (secondary N) is 3.